The molecule has 88 valence electrons. The summed E-state index contributed by atoms with van der Waals surface area (Å²) in [6, 6.07) is 9.21. The van der Waals surface area contributed by atoms with Gasteiger partial charge in [0.05, 0.1) is 11.4 Å². The molecule has 2 rings (SSSR count). The summed E-state index contributed by atoms with van der Waals surface area (Å²) in [5.74, 6) is 1.41. The molecule has 0 saturated carbocycles. The molecule has 2 aromatic rings. The molecule has 0 fully saturated rings. The highest BCUT2D eigenvalue weighted by atomic mass is 79.9. The van der Waals surface area contributed by atoms with E-state index in [9.17, 15) is 4.79 Å². The van der Waals surface area contributed by atoms with Crippen LogP contribution in [0.4, 0.5) is 0 Å². The Balaban J connectivity index is 2.33. The van der Waals surface area contributed by atoms with E-state index in [1.807, 2.05) is 24.3 Å². The van der Waals surface area contributed by atoms with Crippen molar-refractivity contribution < 1.29 is 9.21 Å². The molecule has 0 aliphatic carbocycles. The molecule has 0 bridgehead atoms. The van der Waals surface area contributed by atoms with Crippen LogP contribution in [0.25, 0.3) is 11.3 Å². The van der Waals surface area contributed by atoms with Crippen molar-refractivity contribution in [3.8, 4) is 11.3 Å². The van der Waals surface area contributed by atoms with Crippen molar-refractivity contribution in [2.24, 2.45) is 0 Å². The molecule has 17 heavy (non-hydrogen) atoms. The third-order valence-electron chi connectivity index (χ3n) is 2.28. The van der Waals surface area contributed by atoms with Crippen LogP contribution in [0.2, 0.25) is 5.02 Å². The predicted molar refractivity (Wildman–Crippen MR) is 71.2 cm³/mol. The molecular weight excluding hydrogens is 303 g/mol. The molecule has 0 N–H and O–H groups in total. The first-order chi connectivity index (χ1) is 8.06. The number of furan rings is 1. The van der Waals surface area contributed by atoms with E-state index in [2.05, 4.69) is 15.9 Å². The van der Waals surface area contributed by atoms with Crippen LogP contribution in [-0.4, -0.2) is 5.78 Å². The highest BCUT2D eigenvalue weighted by Crippen LogP contribution is 2.31. The summed E-state index contributed by atoms with van der Waals surface area (Å²) < 4.78 is 6.50. The van der Waals surface area contributed by atoms with Gasteiger partial charge in [-0.1, -0.05) is 27.5 Å². The van der Waals surface area contributed by atoms with Gasteiger partial charge in [-0.2, -0.15) is 0 Å². The highest BCUT2D eigenvalue weighted by molar-refractivity contribution is 9.10. The summed E-state index contributed by atoms with van der Waals surface area (Å²) >= 11 is 9.47. The lowest BCUT2D eigenvalue weighted by Gasteiger charge is -2.01. The van der Waals surface area contributed by atoms with Gasteiger partial charge < -0.3 is 4.42 Å². The van der Waals surface area contributed by atoms with Crippen molar-refractivity contribution in [1.29, 1.82) is 0 Å². The normalized spacial score (nSPS) is 10.5. The fraction of sp³-hybridized carbons (Fsp3) is 0.154. The number of rotatable bonds is 3. The van der Waals surface area contributed by atoms with Gasteiger partial charge in [0.2, 0.25) is 0 Å². The van der Waals surface area contributed by atoms with Gasteiger partial charge in [0.1, 0.15) is 17.3 Å². The maximum absolute atomic E-state index is 11.0. The third kappa shape index (κ3) is 2.99. The minimum Gasteiger partial charge on any atom is -0.461 e. The predicted octanol–water partition coefficient (Wildman–Crippen LogP) is 4.49. The van der Waals surface area contributed by atoms with E-state index in [-0.39, 0.29) is 5.78 Å². The van der Waals surface area contributed by atoms with Crippen LogP contribution in [0.15, 0.2) is 39.2 Å². The maximum Gasteiger partial charge on any atom is 0.137 e. The molecule has 1 heterocycles. The van der Waals surface area contributed by atoms with Crippen molar-refractivity contribution in [2.75, 3.05) is 0 Å². The summed E-state index contributed by atoms with van der Waals surface area (Å²) in [6.07, 6.45) is 0.314. The summed E-state index contributed by atoms with van der Waals surface area (Å²) in [7, 11) is 0. The van der Waals surface area contributed by atoms with Crippen LogP contribution >= 0.6 is 27.5 Å². The zero-order valence-corrected chi connectivity index (χ0v) is 11.5. The molecule has 0 aliphatic rings. The molecule has 0 atom stereocenters. The van der Waals surface area contributed by atoms with E-state index in [0.29, 0.717) is 23.0 Å². The Kier molecular flexibility index (Phi) is 3.69. The van der Waals surface area contributed by atoms with Crippen molar-refractivity contribution in [3.63, 3.8) is 0 Å². The summed E-state index contributed by atoms with van der Waals surface area (Å²) in [6.45, 7) is 1.54. The average Bonchev–Trinajstić information content (AvgIpc) is 2.65. The SMILES string of the molecule is CC(=O)Cc1ccc(-c2ccc(Br)cc2Cl)o1. The molecule has 1 aromatic heterocycles. The lowest BCUT2D eigenvalue weighted by atomic mass is 10.2. The lowest BCUT2D eigenvalue weighted by molar-refractivity contribution is -0.116. The van der Waals surface area contributed by atoms with Crippen molar-refractivity contribution in [3.05, 3.63) is 45.6 Å². The first kappa shape index (κ1) is 12.4. The fourth-order valence-corrected chi connectivity index (χ4v) is 2.32. The Labute approximate surface area is 113 Å². The van der Waals surface area contributed by atoms with Gasteiger partial charge in [-0.25, -0.2) is 0 Å². The number of benzene rings is 1. The molecule has 0 amide bonds. The Hall–Kier alpha value is -1.06. The molecule has 1 aromatic carbocycles. The standard InChI is InChI=1S/C13H10BrClO2/c1-8(16)6-10-3-5-13(17-10)11-4-2-9(14)7-12(11)15/h2-5,7H,6H2,1H3. The van der Waals surface area contributed by atoms with Gasteiger partial charge >= 0.3 is 0 Å². The molecule has 0 aliphatic heterocycles. The Morgan fingerprint density at radius 3 is 2.76 bits per heavy atom. The smallest absolute Gasteiger partial charge is 0.137 e. The zero-order valence-electron chi connectivity index (χ0n) is 9.17. The summed E-state index contributed by atoms with van der Waals surface area (Å²) in [4.78, 5) is 11.0. The molecule has 2 nitrogen and oxygen atoms in total. The van der Waals surface area contributed by atoms with Crippen LogP contribution in [-0.2, 0) is 11.2 Å². The minimum absolute atomic E-state index is 0.0767. The second-order valence-corrected chi connectivity index (χ2v) is 5.09. The number of hydrogen-bond acceptors (Lipinski definition) is 2. The molecular formula is C13H10BrClO2. The second kappa shape index (κ2) is 5.07. The minimum atomic E-state index is 0.0767. The van der Waals surface area contributed by atoms with E-state index < -0.39 is 0 Å². The van der Waals surface area contributed by atoms with Gasteiger partial charge in [0.15, 0.2) is 0 Å². The quantitative estimate of drug-likeness (QED) is 0.835. The van der Waals surface area contributed by atoms with E-state index >= 15 is 0 Å². The molecule has 4 heteroatoms. The largest absolute Gasteiger partial charge is 0.461 e. The molecule has 0 spiro atoms. The number of ketones is 1. The average molecular weight is 314 g/mol. The zero-order chi connectivity index (χ0) is 12.4. The van der Waals surface area contributed by atoms with Gasteiger partial charge in [0, 0.05) is 10.0 Å². The Morgan fingerprint density at radius 2 is 2.12 bits per heavy atom. The molecule has 0 saturated heterocycles. The van der Waals surface area contributed by atoms with Crippen molar-refractivity contribution >= 4 is 33.3 Å². The number of carbonyl (C=O) groups excluding carboxylic acids is 1. The highest BCUT2D eigenvalue weighted by Gasteiger charge is 2.09. The molecule has 0 unspecified atom stereocenters. The van der Waals surface area contributed by atoms with Gasteiger partial charge in [0.25, 0.3) is 0 Å². The fourth-order valence-electron chi connectivity index (χ4n) is 1.55. The second-order valence-electron chi connectivity index (χ2n) is 3.77. The van der Waals surface area contributed by atoms with Crippen LogP contribution in [0, 0.1) is 0 Å². The van der Waals surface area contributed by atoms with E-state index in [4.69, 9.17) is 16.0 Å². The number of carbonyl (C=O) groups is 1. The Bertz CT molecular complexity index is 560. The number of hydrogen-bond donors (Lipinski definition) is 0. The maximum atomic E-state index is 11.0. The van der Waals surface area contributed by atoms with Crippen molar-refractivity contribution in [2.45, 2.75) is 13.3 Å². The number of halogens is 2. The monoisotopic (exact) mass is 312 g/mol. The topological polar surface area (TPSA) is 30.2 Å². The van der Waals surface area contributed by atoms with E-state index in [0.717, 1.165) is 10.0 Å². The summed E-state index contributed by atoms with van der Waals surface area (Å²) in [5, 5.41) is 0.614. The Morgan fingerprint density at radius 1 is 1.35 bits per heavy atom. The lowest BCUT2D eigenvalue weighted by Crippen LogP contribution is -1.93. The van der Waals surface area contributed by atoms with E-state index in [1.54, 1.807) is 6.07 Å². The first-order valence-corrected chi connectivity index (χ1v) is 6.27. The molecule has 0 radical (unpaired) electrons. The van der Waals surface area contributed by atoms with Gasteiger partial charge in [-0.3, -0.25) is 4.79 Å². The number of Topliss-reactive ketones (excluding diaryl/α,β-unsaturated/α-hetero) is 1. The van der Waals surface area contributed by atoms with Crippen LogP contribution in [0.3, 0.4) is 0 Å². The van der Waals surface area contributed by atoms with Crippen LogP contribution in [0.5, 0.6) is 0 Å². The van der Waals surface area contributed by atoms with Crippen LogP contribution < -0.4 is 0 Å². The van der Waals surface area contributed by atoms with Crippen LogP contribution in [0.1, 0.15) is 12.7 Å². The van der Waals surface area contributed by atoms with Crippen molar-refractivity contribution in [1.82, 2.24) is 0 Å². The summed E-state index contributed by atoms with van der Waals surface area (Å²) in [5.41, 5.74) is 0.824. The van der Waals surface area contributed by atoms with Gasteiger partial charge in [-0.05, 0) is 37.3 Å². The first-order valence-electron chi connectivity index (χ1n) is 5.10. The third-order valence-corrected chi connectivity index (χ3v) is 3.09. The van der Waals surface area contributed by atoms with Gasteiger partial charge in [-0.15, -0.1) is 0 Å². The van der Waals surface area contributed by atoms with E-state index in [1.165, 1.54) is 6.92 Å².